The van der Waals surface area contributed by atoms with E-state index in [9.17, 15) is 14.4 Å². The van der Waals surface area contributed by atoms with Gasteiger partial charge in [-0.25, -0.2) is 4.79 Å². The number of hydrogen-bond acceptors (Lipinski definition) is 7. The van der Waals surface area contributed by atoms with Gasteiger partial charge in [-0.05, 0) is 79.7 Å². The van der Waals surface area contributed by atoms with Gasteiger partial charge in [0.2, 0.25) is 5.91 Å². The molecule has 4 unspecified atom stereocenters. The Morgan fingerprint density at radius 3 is 2.69 bits per heavy atom. The zero-order valence-electron chi connectivity index (χ0n) is 19.3. The summed E-state index contributed by atoms with van der Waals surface area (Å²) < 4.78 is 6.68. The lowest BCUT2D eigenvalue weighted by Crippen LogP contribution is -2.34. The highest BCUT2D eigenvalue weighted by atomic mass is 32.2. The number of nitrogens with one attached hydrogen (secondary N) is 1. The number of carbonyl (C=O) groups is 2. The van der Waals surface area contributed by atoms with Crippen LogP contribution in [0.1, 0.15) is 52.2 Å². The number of esters is 1. The number of amides is 1. The molecule has 0 spiro atoms. The summed E-state index contributed by atoms with van der Waals surface area (Å²) in [6, 6.07) is 10.9. The van der Waals surface area contributed by atoms with Gasteiger partial charge in [-0.15, -0.1) is 23.1 Å². The third-order valence-electron chi connectivity index (χ3n) is 7.52. The van der Waals surface area contributed by atoms with Crippen LogP contribution < -0.4 is 10.2 Å². The molecule has 0 saturated heterocycles. The topological polar surface area (TPSA) is 77.4 Å². The molecule has 3 heterocycles. The molecule has 1 aliphatic heterocycles. The van der Waals surface area contributed by atoms with Crippen LogP contribution in [-0.2, 0) is 16.1 Å². The van der Waals surface area contributed by atoms with Crippen LogP contribution in [0.2, 0.25) is 0 Å². The maximum Gasteiger partial charge on any atom is 0.338 e. The molecule has 2 saturated carbocycles. The maximum atomic E-state index is 13.1. The van der Waals surface area contributed by atoms with Crippen LogP contribution in [0, 0.1) is 17.8 Å². The van der Waals surface area contributed by atoms with Crippen molar-refractivity contribution in [2.45, 2.75) is 48.9 Å². The van der Waals surface area contributed by atoms with Crippen molar-refractivity contribution in [2.75, 3.05) is 11.9 Å². The van der Waals surface area contributed by atoms with E-state index in [1.807, 2.05) is 11.8 Å². The largest absolute Gasteiger partial charge is 0.462 e. The highest BCUT2D eigenvalue weighted by Crippen LogP contribution is 2.64. The second-order valence-electron chi connectivity index (χ2n) is 9.46. The Balaban J connectivity index is 1.25. The summed E-state index contributed by atoms with van der Waals surface area (Å²) in [5.74, 6) is 1.66. The number of rotatable bonds is 6. The first-order valence-corrected chi connectivity index (χ1v) is 14.6. The van der Waals surface area contributed by atoms with Gasteiger partial charge in [0, 0.05) is 26.6 Å². The molecule has 9 heteroatoms. The fourth-order valence-electron chi connectivity index (χ4n) is 6.12. The van der Waals surface area contributed by atoms with E-state index in [2.05, 4.69) is 22.8 Å². The van der Waals surface area contributed by atoms with Crippen molar-refractivity contribution in [3.63, 3.8) is 0 Å². The molecule has 35 heavy (non-hydrogen) atoms. The van der Waals surface area contributed by atoms with Gasteiger partial charge in [0.1, 0.15) is 6.54 Å². The standard InChI is InChI=1S/C26H26N2O4S3/c1-2-32-25(30)14-7-9-17(10-8-14)27-19(29)13-28-24-23(35-26(28)31)21(18-4-3-11-33-18)20-15-5-6-16(12-15)22(20)34-24/h3-4,7-11,15-16,20-22H,2,5-6,12-13H2,1H3,(H,27,29)/t15?,16?,20?,21-,22?/m0/s1. The zero-order valence-corrected chi connectivity index (χ0v) is 21.7. The van der Waals surface area contributed by atoms with E-state index in [-0.39, 0.29) is 23.2 Å². The maximum absolute atomic E-state index is 13.1. The summed E-state index contributed by atoms with van der Waals surface area (Å²) in [5.41, 5.74) is 1.02. The van der Waals surface area contributed by atoms with Gasteiger partial charge in [-0.2, -0.15) is 0 Å². The van der Waals surface area contributed by atoms with E-state index >= 15 is 0 Å². The predicted octanol–water partition coefficient (Wildman–Crippen LogP) is 5.44. The molecule has 2 aromatic heterocycles. The lowest BCUT2D eigenvalue weighted by molar-refractivity contribution is -0.116. The van der Waals surface area contributed by atoms with Crippen molar-refractivity contribution in [1.82, 2.24) is 4.57 Å². The molecule has 1 amide bonds. The van der Waals surface area contributed by atoms with Crippen LogP contribution in [0.5, 0.6) is 0 Å². The van der Waals surface area contributed by atoms with Crippen molar-refractivity contribution in [2.24, 2.45) is 17.8 Å². The van der Waals surface area contributed by atoms with Crippen molar-refractivity contribution in [3.05, 3.63) is 66.8 Å². The number of benzene rings is 1. The van der Waals surface area contributed by atoms with Gasteiger partial charge in [0.25, 0.3) is 0 Å². The predicted molar refractivity (Wildman–Crippen MR) is 140 cm³/mol. The van der Waals surface area contributed by atoms with E-state index in [0.29, 0.717) is 34.9 Å². The van der Waals surface area contributed by atoms with Gasteiger partial charge in [0.15, 0.2) is 0 Å². The lowest BCUT2D eigenvalue weighted by atomic mass is 9.77. The van der Waals surface area contributed by atoms with E-state index in [0.717, 1.165) is 15.8 Å². The fourth-order valence-corrected chi connectivity index (χ4v) is 10.2. The highest BCUT2D eigenvalue weighted by molar-refractivity contribution is 8.00. The lowest BCUT2D eigenvalue weighted by Gasteiger charge is -2.40. The van der Waals surface area contributed by atoms with Gasteiger partial charge < -0.3 is 10.1 Å². The minimum Gasteiger partial charge on any atom is -0.462 e. The molecule has 182 valence electrons. The SMILES string of the molecule is CCOC(=O)c1ccc(NC(=O)Cn2c3c(sc2=O)[C@@H](c2cccs2)C2C4CCC(C4)C2S3)cc1. The summed E-state index contributed by atoms with van der Waals surface area (Å²) in [4.78, 5) is 40.3. The molecule has 1 N–H and O–H groups in total. The molecule has 3 aromatic rings. The molecule has 2 aliphatic carbocycles. The Bertz CT molecular complexity index is 1310. The normalized spacial score (nSPS) is 26.3. The third-order valence-corrected chi connectivity index (χ3v) is 11.3. The van der Waals surface area contributed by atoms with Gasteiger partial charge in [-0.1, -0.05) is 17.4 Å². The quantitative estimate of drug-likeness (QED) is 0.433. The van der Waals surface area contributed by atoms with Crippen LogP contribution in [0.3, 0.4) is 0 Å². The number of hydrogen-bond donors (Lipinski definition) is 1. The third kappa shape index (κ3) is 4.07. The first-order chi connectivity index (χ1) is 17.0. The molecule has 6 rings (SSSR count). The fraction of sp³-hybridized carbons (Fsp3) is 0.423. The van der Waals surface area contributed by atoms with Gasteiger partial charge >= 0.3 is 10.8 Å². The Hall–Kier alpha value is -2.36. The molecule has 2 bridgehead atoms. The Morgan fingerprint density at radius 1 is 1.14 bits per heavy atom. The number of nitrogens with zero attached hydrogens (tertiary/aromatic N) is 1. The van der Waals surface area contributed by atoms with Crippen LogP contribution in [0.15, 0.2) is 51.6 Å². The number of thiazole rings is 1. The smallest absolute Gasteiger partial charge is 0.338 e. The highest BCUT2D eigenvalue weighted by Gasteiger charge is 2.55. The van der Waals surface area contributed by atoms with E-state index in [4.69, 9.17) is 4.74 Å². The minimum atomic E-state index is -0.391. The summed E-state index contributed by atoms with van der Waals surface area (Å²) in [5, 5.41) is 6.50. The van der Waals surface area contributed by atoms with Crippen molar-refractivity contribution >= 4 is 52.0 Å². The van der Waals surface area contributed by atoms with Crippen molar-refractivity contribution < 1.29 is 14.3 Å². The Morgan fingerprint density at radius 2 is 1.94 bits per heavy atom. The number of thiophene rings is 1. The molecule has 2 fully saturated rings. The number of anilines is 1. The van der Waals surface area contributed by atoms with Gasteiger partial charge in [-0.3, -0.25) is 14.2 Å². The molecular weight excluding hydrogens is 500 g/mol. The average molecular weight is 527 g/mol. The first kappa shape index (κ1) is 23.1. The van der Waals surface area contributed by atoms with Crippen molar-refractivity contribution in [3.8, 4) is 0 Å². The first-order valence-electron chi connectivity index (χ1n) is 12.0. The molecular formula is C26H26N2O4S3. The Kier molecular flexibility index (Phi) is 6.10. The number of ether oxygens (including phenoxy) is 1. The molecule has 1 aromatic carbocycles. The molecule has 0 radical (unpaired) electrons. The van der Waals surface area contributed by atoms with Crippen LogP contribution in [0.4, 0.5) is 5.69 Å². The zero-order chi connectivity index (χ0) is 24.1. The average Bonchev–Trinajstić information content (AvgIpc) is 3.64. The second-order valence-corrected chi connectivity index (χ2v) is 12.6. The summed E-state index contributed by atoms with van der Waals surface area (Å²) in [6.45, 7) is 2.06. The van der Waals surface area contributed by atoms with Crippen molar-refractivity contribution in [1.29, 1.82) is 0 Å². The number of fused-ring (bicyclic) bond motifs is 6. The number of thioether (sulfide) groups is 1. The number of carbonyl (C=O) groups excluding carboxylic acids is 2. The summed E-state index contributed by atoms with van der Waals surface area (Å²) in [6.07, 6.45) is 3.88. The van der Waals surface area contributed by atoms with Crippen LogP contribution in [-0.4, -0.2) is 28.3 Å². The van der Waals surface area contributed by atoms with Gasteiger partial charge in [0.05, 0.1) is 17.2 Å². The van der Waals surface area contributed by atoms with E-state index in [1.54, 1.807) is 47.1 Å². The van der Waals surface area contributed by atoms with Crippen LogP contribution >= 0.6 is 34.4 Å². The summed E-state index contributed by atoms with van der Waals surface area (Å²) in [7, 11) is 0. The van der Waals surface area contributed by atoms with Crippen LogP contribution in [0.25, 0.3) is 0 Å². The second kappa shape index (κ2) is 9.26. The minimum absolute atomic E-state index is 0.0140. The Labute approximate surface area is 215 Å². The van der Waals surface area contributed by atoms with E-state index < -0.39 is 5.97 Å². The van der Waals surface area contributed by atoms with E-state index in [1.165, 1.54) is 35.5 Å². The summed E-state index contributed by atoms with van der Waals surface area (Å²) >= 11 is 4.94. The molecule has 6 nitrogen and oxygen atoms in total. The number of aromatic nitrogens is 1. The monoisotopic (exact) mass is 526 g/mol. The molecule has 5 atom stereocenters. The molecule has 3 aliphatic rings.